The zero-order chi connectivity index (χ0) is 12.1. The molecule has 0 saturated heterocycles. The van der Waals surface area contributed by atoms with Crippen molar-refractivity contribution in [2.24, 2.45) is 0 Å². The van der Waals surface area contributed by atoms with Crippen LogP contribution >= 0.6 is 0 Å². The minimum atomic E-state index is -0.313. The van der Waals surface area contributed by atoms with Crippen molar-refractivity contribution in [1.82, 2.24) is 4.98 Å². The molecule has 84 valence electrons. The molecular formula is C14H11NO2. The Morgan fingerprint density at radius 1 is 1.06 bits per heavy atom. The molecule has 1 N–H and O–H groups in total. The highest BCUT2D eigenvalue weighted by atomic mass is 16.3. The van der Waals surface area contributed by atoms with Crippen molar-refractivity contribution in [1.29, 1.82) is 0 Å². The van der Waals surface area contributed by atoms with Crippen LogP contribution in [0.5, 0.6) is 0 Å². The van der Waals surface area contributed by atoms with E-state index in [1.54, 1.807) is 48.7 Å². The molecule has 0 aliphatic carbocycles. The first kappa shape index (κ1) is 11.1. The molecule has 0 bridgehead atoms. The standard InChI is InChI=1S/C14H11NO2/c16-13(11-6-2-1-3-7-11)10-14(17)12-8-4-5-9-15-12/h1-10,16H. The van der Waals surface area contributed by atoms with Crippen LogP contribution in [0.2, 0.25) is 0 Å². The van der Waals surface area contributed by atoms with E-state index < -0.39 is 0 Å². The van der Waals surface area contributed by atoms with Gasteiger partial charge in [-0.2, -0.15) is 0 Å². The molecule has 0 aliphatic heterocycles. The zero-order valence-corrected chi connectivity index (χ0v) is 9.08. The average Bonchev–Trinajstić information content (AvgIpc) is 2.40. The van der Waals surface area contributed by atoms with Crippen molar-refractivity contribution in [2.75, 3.05) is 0 Å². The number of pyridine rings is 1. The Labute approximate surface area is 99.1 Å². The maximum absolute atomic E-state index is 11.7. The summed E-state index contributed by atoms with van der Waals surface area (Å²) in [6.07, 6.45) is 2.72. The molecule has 0 fully saturated rings. The third-order valence-electron chi connectivity index (χ3n) is 2.25. The molecule has 2 rings (SSSR count). The second kappa shape index (κ2) is 5.07. The van der Waals surface area contributed by atoms with E-state index in [9.17, 15) is 9.90 Å². The zero-order valence-electron chi connectivity index (χ0n) is 9.08. The minimum Gasteiger partial charge on any atom is -0.507 e. The van der Waals surface area contributed by atoms with Crippen LogP contribution < -0.4 is 0 Å². The van der Waals surface area contributed by atoms with Gasteiger partial charge in [-0.1, -0.05) is 36.4 Å². The van der Waals surface area contributed by atoms with E-state index >= 15 is 0 Å². The number of rotatable bonds is 3. The molecule has 1 aromatic carbocycles. The molecule has 0 radical (unpaired) electrons. The van der Waals surface area contributed by atoms with Gasteiger partial charge in [0, 0.05) is 17.8 Å². The van der Waals surface area contributed by atoms with Gasteiger partial charge in [0.15, 0.2) is 0 Å². The second-order valence-corrected chi connectivity index (χ2v) is 3.47. The minimum absolute atomic E-state index is 0.0544. The molecular weight excluding hydrogens is 214 g/mol. The molecule has 3 heteroatoms. The molecule has 1 aromatic heterocycles. The summed E-state index contributed by atoms with van der Waals surface area (Å²) in [5.41, 5.74) is 0.923. The predicted molar refractivity (Wildman–Crippen MR) is 65.6 cm³/mol. The summed E-state index contributed by atoms with van der Waals surface area (Å²) in [5, 5.41) is 9.76. The number of carbonyl (C=O) groups excluding carboxylic acids is 1. The monoisotopic (exact) mass is 225 g/mol. The summed E-state index contributed by atoms with van der Waals surface area (Å²) < 4.78 is 0. The first-order chi connectivity index (χ1) is 8.27. The van der Waals surface area contributed by atoms with Crippen LogP contribution in [0.25, 0.3) is 5.76 Å². The molecule has 2 aromatic rings. The van der Waals surface area contributed by atoms with Gasteiger partial charge in [-0.05, 0) is 12.1 Å². The molecule has 0 spiro atoms. The normalized spacial score (nSPS) is 11.2. The molecule has 3 nitrogen and oxygen atoms in total. The molecule has 0 atom stereocenters. The SMILES string of the molecule is O=C(C=C(O)c1ccccc1)c1ccccn1. The molecule has 17 heavy (non-hydrogen) atoms. The lowest BCUT2D eigenvalue weighted by Crippen LogP contribution is -1.98. The van der Waals surface area contributed by atoms with Gasteiger partial charge in [0.25, 0.3) is 0 Å². The maximum Gasteiger partial charge on any atom is 0.207 e. The van der Waals surface area contributed by atoms with Crippen molar-refractivity contribution in [3.63, 3.8) is 0 Å². The van der Waals surface area contributed by atoms with Crippen LogP contribution in [0.15, 0.2) is 60.8 Å². The van der Waals surface area contributed by atoms with Crippen molar-refractivity contribution >= 4 is 11.5 Å². The third kappa shape index (κ3) is 2.78. The lowest BCUT2D eigenvalue weighted by molar-refractivity contribution is 0.104. The van der Waals surface area contributed by atoms with Crippen LogP contribution in [-0.4, -0.2) is 15.9 Å². The van der Waals surface area contributed by atoms with Crippen molar-refractivity contribution in [3.05, 3.63) is 72.1 Å². The fourth-order valence-electron chi connectivity index (χ4n) is 1.40. The number of aromatic nitrogens is 1. The Morgan fingerprint density at radius 3 is 2.41 bits per heavy atom. The number of benzene rings is 1. The summed E-state index contributed by atoms with van der Waals surface area (Å²) >= 11 is 0. The number of aliphatic hydroxyl groups excluding tert-OH is 1. The van der Waals surface area contributed by atoms with Crippen LogP contribution in [0.1, 0.15) is 16.1 Å². The van der Waals surface area contributed by atoms with Gasteiger partial charge < -0.3 is 5.11 Å². The smallest absolute Gasteiger partial charge is 0.207 e. The Morgan fingerprint density at radius 2 is 1.76 bits per heavy atom. The molecule has 0 aliphatic rings. The lowest BCUT2D eigenvalue weighted by atomic mass is 10.1. The summed E-state index contributed by atoms with van der Waals surface area (Å²) in [6, 6.07) is 14.0. The number of ketones is 1. The van der Waals surface area contributed by atoms with Gasteiger partial charge >= 0.3 is 0 Å². The van der Waals surface area contributed by atoms with Crippen LogP contribution in [-0.2, 0) is 0 Å². The number of carbonyl (C=O) groups is 1. The fraction of sp³-hybridized carbons (Fsp3) is 0. The topological polar surface area (TPSA) is 50.2 Å². The summed E-state index contributed by atoms with van der Waals surface area (Å²) in [5.74, 6) is -0.367. The van der Waals surface area contributed by atoms with Gasteiger partial charge in [0.1, 0.15) is 11.5 Å². The van der Waals surface area contributed by atoms with Gasteiger partial charge in [0.2, 0.25) is 5.78 Å². The van der Waals surface area contributed by atoms with E-state index in [4.69, 9.17) is 0 Å². The Hall–Kier alpha value is -2.42. The fourth-order valence-corrected chi connectivity index (χ4v) is 1.40. The van der Waals surface area contributed by atoms with Gasteiger partial charge in [-0.15, -0.1) is 0 Å². The average molecular weight is 225 g/mol. The quantitative estimate of drug-likeness (QED) is 0.496. The molecule has 0 unspecified atom stereocenters. The molecule has 1 heterocycles. The van der Waals surface area contributed by atoms with Crippen LogP contribution in [0, 0.1) is 0 Å². The Balaban J connectivity index is 2.24. The number of aliphatic hydroxyl groups is 1. The van der Waals surface area contributed by atoms with Crippen molar-refractivity contribution < 1.29 is 9.90 Å². The number of hydrogen-bond donors (Lipinski definition) is 1. The highest BCUT2D eigenvalue weighted by Crippen LogP contribution is 2.11. The third-order valence-corrected chi connectivity index (χ3v) is 2.25. The number of allylic oxidation sites excluding steroid dienone is 1. The van der Waals surface area contributed by atoms with E-state index in [1.165, 1.54) is 6.08 Å². The van der Waals surface area contributed by atoms with Gasteiger partial charge in [-0.3, -0.25) is 9.78 Å². The summed E-state index contributed by atoms with van der Waals surface area (Å²) in [4.78, 5) is 15.6. The van der Waals surface area contributed by atoms with Gasteiger partial charge in [-0.25, -0.2) is 0 Å². The summed E-state index contributed by atoms with van der Waals surface area (Å²) in [6.45, 7) is 0. The van der Waals surface area contributed by atoms with Crippen molar-refractivity contribution in [3.8, 4) is 0 Å². The predicted octanol–water partition coefficient (Wildman–Crippen LogP) is 2.86. The largest absolute Gasteiger partial charge is 0.507 e. The highest BCUT2D eigenvalue weighted by molar-refractivity contribution is 6.06. The number of hydrogen-bond acceptors (Lipinski definition) is 3. The maximum atomic E-state index is 11.7. The van der Waals surface area contributed by atoms with Crippen LogP contribution in [0.3, 0.4) is 0 Å². The highest BCUT2D eigenvalue weighted by Gasteiger charge is 2.06. The number of nitrogens with zero attached hydrogens (tertiary/aromatic N) is 1. The van der Waals surface area contributed by atoms with E-state index in [0.717, 1.165) is 0 Å². The van der Waals surface area contributed by atoms with E-state index in [2.05, 4.69) is 4.98 Å². The molecule has 0 amide bonds. The van der Waals surface area contributed by atoms with Crippen molar-refractivity contribution in [2.45, 2.75) is 0 Å². The first-order valence-electron chi connectivity index (χ1n) is 5.19. The van der Waals surface area contributed by atoms with E-state index in [0.29, 0.717) is 11.3 Å². The van der Waals surface area contributed by atoms with Crippen LogP contribution in [0.4, 0.5) is 0 Å². The van der Waals surface area contributed by atoms with E-state index in [-0.39, 0.29) is 11.5 Å². The molecule has 0 saturated carbocycles. The first-order valence-corrected chi connectivity index (χ1v) is 5.19. The lowest BCUT2D eigenvalue weighted by Gasteiger charge is -1.99. The van der Waals surface area contributed by atoms with E-state index in [1.807, 2.05) is 6.07 Å². The second-order valence-electron chi connectivity index (χ2n) is 3.47. The van der Waals surface area contributed by atoms with Gasteiger partial charge in [0.05, 0.1) is 0 Å². The Kier molecular flexibility index (Phi) is 3.31. The Bertz CT molecular complexity index is 533. The summed E-state index contributed by atoms with van der Waals surface area (Å²) in [7, 11) is 0.